The Morgan fingerprint density at radius 1 is 0.621 bits per heavy atom. The molecule has 0 aliphatic heterocycles. The Balaban J connectivity index is 0.000000146. The standard InChI is InChI=1S/2C9H7.C7H8Si.2ClH.Ti/c2*1-2-5-9-7-3-6-8(9)4-1;1-8-7-5-3-2-4-6-7;;;/h2*1-7H;2-6H,1H3;2*1H;/q2*-1;;;;+2/p-2. The predicted octanol–water partition coefficient (Wildman–Crippen LogP) is 7.56. The minimum Gasteiger partial charge on any atom is -0.168 e. The van der Waals surface area contributed by atoms with Gasteiger partial charge in [0.05, 0.1) is 9.52 Å². The molecule has 2 radical (unpaired) electrons. The van der Waals surface area contributed by atoms with E-state index in [-0.39, 0.29) is 0 Å². The summed E-state index contributed by atoms with van der Waals surface area (Å²) in [4.78, 5) is 0. The molecule has 5 rings (SSSR count). The Morgan fingerprint density at radius 3 is 1.41 bits per heavy atom. The molecule has 0 spiro atoms. The Bertz CT molecular complexity index is 927. The smallest absolute Gasteiger partial charge is 0.0809 e. The molecule has 0 aliphatic rings. The second-order valence-electron chi connectivity index (χ2n) is 6.00. The van der Waals surface area contributed by atoms with Crippen LogP contribution < -0.4 is 5.19 Å². The van der Waals surface area contributed by atoms with Gasteiger partial charge in [-0.15, -0.1) is 59.3 Å². The van der Waals surface area contributed by atoms with Crippen LogP contribution in [-0.4, -0.2) is 9.52 Å². The van der Waals surface area contributed by atoms with Crippen molar-refractivity contribution in [3.8, 4) is 0 Å². The van der Waals surface area contributed by atoms with Gasteiger partial charge in [0.2, 0.25) is 0 Å². The van der Waals surface area contributed by atoms with Crippen molar-refractivity contribution in [1.29, 1.82) is 0 Å². The molecule has 5 aromatic carbocycles. The maximum atomic E-state index is 4.89. The van der Waals surface area contributed by atoms with Gasteiger partial charge >= 0.3 is 35.6 Å². The third kappa shape index (κ3) is 8.74. The second-order valence-corrected chi connectivity index (χ2v) is 9.65. The zero-order chi connectivity index (χ0) is 20.7. The van der Waals surface area contributed by atoms with Crippen LogP contribution in [-0.2, 0) is 17.0 Å². The number of hydrogen-bond acceptors (Lipinski definition) is 0. The Morgan fingerprint density at radius 2 is 1.03 bits per heavy atom. The predicted molar refractivity (Wildman–Crippen MR) is 128 cm³/mol. The van der Waals surface area contributed by atoms with Gasteiger partial charge in [-0.3, -0.25) is 0 Å². The molecule has 0 N–H and O–H groups in total. The summed E-state index contributed by atoms with van der Waals surface area (Å²) in [7, 11) is 10.7. The zero-order valence-electron chi connectivity index (χ0n) is 16.2. The monoisotopic (exact) mass is 468 g/mol. The summed E-state index contributed by atoms with van der Waals surface area (Å²) in [5.74, 6) is 0. The van der Waals surface area contributed by atoms with Crippen molar-refractivity contribution in [1.82, 2.24) is 0 Å². The molecular formula is C25H22Cl2SiTi-2. The number of hydrogen-bond donors (Lipinski definition) is 0. The fourth-order valence-corrected chi connectivity index (χ4v) is 3.27. The van der Waals surface area contributed by atoms with Gasteiger partial charge < -0.3 is 0 Å². The van der Waals surface area contributed by atoms with Crippen molar-refractivity contribution < 1.29 is 17.0 Å². The van der Waals surface area contributed by atoms with Gasteiger partial charge in [-0.25, -0.2) is 0 Å². The minimum atomic E-state index is -0.556. The van der Waals surface area contributed by atoms with Gasteiger partial charge in [0.1, 0.15) is 0 Å². The van der Waals surface area contributed by atoms with E-state index in [2.05, 4.69) is 116 Å². The molecule has 0 bridgehead atoms. The van der Waals surface area contributed by atoms with E-state index >= 15 is 0 Å². The molecule has 0 aliphatic carbocycles. The summed E-state index contributed by atoms with van der Waals surface area (Å²) in [5, 5.41) is 6.76. The molecule has 0 nitrogen and oxygen atoms in total. The first kappa shape index (κ1) is 23.7. The third-order valence-electron chi connectivity index (χ3n) is 4.16. The van der Waals surface area contributed by atoms with Crippen LogP contribution in [0.1, 0.15) is 0 Å². The van der Waals surface area contributed by atoms with E-state index in [4.69, 9.17) is 18.6 Å². The Kier molecular flexibility index (Phi) is 11.7. The maximum Gasteiger partial charge on any atom is -0.0809 e. The number of benzene rings is 3. The molecule has 0 atom stereocenters. The molecule has 0 heterocycles. The van der Waals surface area contributed by atoms with Crippen LogP contribution in [0.25, 0.3) is 21.5 Å². The van der Waals surface area contributed by atoms with Crippen LogP contribution in [0, 0.1) is 0 Å². The fourth-order valence-electron chi connectivity index (χ4n) is 2.74. The van der Waals surface area contributed by atoms with Gasteiger partial charge in [0.15, 0.2) is 0 Å². The first-order valence-electron chi connectivity index (χ1n) is 9.18. The fraction of sp³-hybridized carbons (Fsp3) is 0.0400. The average Bonchev–Trinajstić information content (AvgIpc) is 3.45. The van der Waals surface area contributed by atoms with Crippen molar-refractivity contribution in [2.24, 2.45) is 0 Å². The SMILES string of the molecule is C[Si]c1ccccc1.[Cl][Ti][Cl].c1ccc2[cH-]ccc2c1.c1ccc2[cH-]ccc2c1. The van der Waals surface area contributed by atoms with Crippen LogP contribution >= 0.6 is 18.6 Å². The molecule has 146 valence electrons. The molecule has 4 heteroatoms. The van der Waals surface area contributed by atoms with Crippen LogP contribution in [0.2, 0.25) is 6.55 Å². The maximum absolute atomic E-state index is 4.89. The molecule has 0 saturated carbocycles. The van der Waals surface area contributed by atoms with E-state index in [1.807, 2.05) is 6.07 Å². The first-order chi connectivity index (χ1) is 14.3. The largest absolute Gasteiger partial charge is 0.168 e. The van der Waals surface area contributed by atoms with Crippen LogP contribution in [0.15, 0.2) is 115 Å². The van der Waals surface area contributed by atoms with E-state index in [0.29, 0.717) is 0 Å². The Labute approximate surface area is 192 Å². The molecular weight excluding hydrogens is 447 g/mol. The van der Waals surface area contributed by atoms with E-state index in [9.17, 15) is 0 Å². The summed E-state index contributed by atoms with van der Waals surface area (Å²) in [6.07, 6.45) is 0. The van der Waals surface area contributed by atoms with E-state index < -0.39 is 17.0 Å². The number of fused-ring (bicyclic) bond motifs is 2. The van der Waals surface area contributed by atoms with Gasteiger partial charge in [-0.2, -0.15) is 35.0 Å². The summed E-state index contributed by atoms with van der Waals surface area (Å²) >= 11 is -0.556. The van der Waals surface area contributed by atoms with Gasteiger partial charge in [0, 0.05) is 0 Å². The summed E-state index contributed by atoms with van der Waals surface area (Å²) in [6, 6.07) is 39.8. The third-order valence-corrected chi connectivity index (χ3v) is 5.07. The topological polar surface area (TPSA) is 0 Å². The molecule has 0 amide bonds. The van der Waals surface area contributed by atoms with Gasteiger partial charge in [0.25, 0.3) is 0 Å². The second kappa shape index (κ2) is 14.4. The molecule has 0 unspecified atom stereocenters. The van der Waals surface area contributed by atoms with E-state index in [1.54, 1.807) is 0 Å². The zero-order valence-corrected chi connectivity index (χ0v) is 20.3. The molecule has 0 aromatic heterocycles. The van der Waals surface area contributed by atoms with Crippen LogP contribution in [0.4, 0.5) is 0 Å². The average molecular weight is 469 g/mol. The van der Waals surface area contributed by atoms with Gasteiger partial charge in [-0.05, 0) is 0 Å². The van der Waals surface area contributed by atoms with Crippen LogP contribution in [0.5, 0.6) is 0 Å². The van der Waals surface area contributed by atoms with Crippen molar-refractivity contribution >= 4 is 54.9 Å². The van der Waals surface area contributed by atoms with Crippen molar-refractivity contribution in [3.63, 3.8) is 0 Å². The van der Waals surface area contributed by atoms with E-state index in [1.165, 1.54) is 26.7 Å². The number of halogens is 2. The summed E-state index contributed by atoms with van der Waals surface area (Å²) in [6.45, 7) is 2.19. The molecule has 0 saturated heterocycles. The van der Waals surface area contributed by atoms with Gasteiger partial charge in [-0.1, -0.05) is 54.2 Å². The number of rotatable bonds is 1. The van der Waals surface area contributed by atoms with Crippen molar-refractivity contribution in [3.05, 3.63) is 115 Å². The quantitative estimate of drug-likeness (QED) is 0.176. The molecule has 0 fully saturated rings. The minimum absolute atomic E-state index is 0.556. The molecule has 5 aromatic rings. The van der Waals surface area contributed by atoms with Crippen molar-refractivity contribution in [2.75, 3.05) is 0 Å². The normalized spacial score (nSPS) is 9.34. The van der Waals surface area contributed by atoms with Crippen LogP contribution in [0.3, 0.4) is 0 Å². The van der Waals surface area contributed by atoms with E-state index in [0.717, 1.165) is 9.52 Å². The first-order valence-corrected chi connectivity index (χ1v) is 15.0. The summed E-state index contributed by atoms with van der Waals surface area (Å²) < 4.78 is 0. The summed E-state index contributed by atoms with van der Waals surface area (Å²) in [5.41, 5.74) is 0. The Hall–Kier alpha value is -1.61. The molecule has 29 heavy (non-hydrogen) atoms. The van der Waals surface area contributed by atoms with Crippen molar-refractivity contribution in [2.45, 2.75) is 6.55 Å².